The topological polar surface area (TPSA) is 60.4 Å². The highest BCUT2D eigenvalue weighted by atomic mass is 32.2. The highest BCUT2D eigenvalue weighted by Crippen LogP contribution is 2.26. The summed E-state index contributed by atoms with van der Waals surface area (Å²) in [7, 11) is -3.28. The molecule has 2 aromatic carbocycles. The number of sulfone groups is 1. The highest BCUT2D eigenvalue weighted by molar-refractivity contribution is 7.90. The molecule has 0 amide bonds. The monoisotopic (exact) mass is 294 g/mol. The fourth-order valence-corrected chi connectivity index (χ4v) is 2.23. The van der Waals surface area contributed by atoms with E-state index in [0.29, 0.717) is 12.0 Å². The van der Waals surface area contributed by atoms with E-state index in [1.54, 1.807) is 0 Å². The Morgan fingerprint density at radius 3 is 2.30 bits per heavy atom. The number of ether oxygens (including phenoxy) is 1. The molecule has 4 nitrogen and oxygen atoms in total. The molecule has 0 atom stereocenters. The minimum atomic E-state index is -3.28. The fourth-order valence-electron chi connectivity index (χ4n) is 1.60. The molecule has 20 heavy (non-hydrogen) atoms. The number of hydrogen-bond donors (Lipinski definition) is 0. The molecule has 0 heterocycles. The largest absolute Gasteiger partial charge is 0.457 e. The van der Waals surface area contributed by atoms with Gasteiger partial charge in [0.15, 0.2) is 16.1 Å². The summed E-state index contributed by atoms with van der Waals surface area (Å²) < 4.78 is 41.4. The Morgan fingerprint density at radius 2 is 1.75 bits per heavy atom. The molecule has 0 N–H and O–H groups in total. The summed E-state index contributed by atoms with van der Waals surface area (Å²) in [5, 5.41) is 0. The van der Waals surface area contributed by atoms with E-state index in [9.17, 15) is 17.6 Å². The molecule has 0 aliphatic carbocycles. The van der Waals surface area contributed by atoms with Gasteiger partial charge in [0.05, 0.1) is 10.5 Å². The zero-order valence-corrected chi connectivity index (χ0v) is 11.4. The Bertz CT molecular complexity index is 736. The van der Waals surface area contributed by atoms with Gasteiger partial charge < -0.3 is 4.74 Å². The van der Waals surface area contributed by atoms with Crippen LogP contribution in [0.2, 0.25) is 0 Å². The Kier molecular flexibility index (Phi) is 3.85. The van der Waals surface area contributed by atoms with Crippen molar-refractivity contribution in [3.05, 3.63) is 53.8 Å². The van der Waals surface area contributed by atoms with Crippen LogP contribution in [-0.4, -0.2) is 21.0 Å². The summed E-state index contributed by atoms with van der Waals surface area (Å²) in [4.78, 5) is 11.0. The Morgan fingerprint density at radius 1 is 1.10 bits per heavy atom. The molecule has 0 aliphatic heterocycles. The van der Waals surface area contributed by atoms with E-state index < -0.39 is 15.7 Å². The van der Waals surface area contributed by atoms with Crippen LogP contribution >= 0.6 is 0 Å². The maximum atomic E-state index is 13.4. The third-order valence-corrected chi connectivity index (χ3v) is 3.74. The lowest BCUT2D eigenvalue weighted by atomic mass is 10.2. The lowest BCUT2D eigenvalue weighted by Crippen LogP contribution is -1.97. The molecule has 2 rings (SSSR count). The average Bonchev–Trinajstić information content (AvgIpc) is 2.38. The van der Waals surface area contributed by atoms with Crippen molar-refractivity contribution in [2.24, 2.45) is 0 Å². The summed E-state index contributed by atoms with van der Waals surface area (Å²) in [5.41, 5.74) is -0.181. The van der Waals surface area contributed by atoms with Gasteiger partial charge in [0.25, 0.3) is 0 Å². The van der Waals surface area contributed by atoms with Gasteiger partial charge in [-0.2, -0.15) is 0 Å². The maximum Gasteiger partial charge on any atom is 0.175 e. The molecule has 104 valence electrons. The standard InChI is InChI=1S/C14H11FO4S/c1-20(17,18)11-7-5-10(6-8-11)19-14-4-2-3-13(15)12(14)9-16/h2-9H,1H3. The summed E-state index contributed by atoms with van der Waals surface area (Å²) in [6.07, 6.45) is 1.47. The lowest BCUT2D eigenvalue weighted by molar-refractivity contribution is 0.111. The number of aldehydes is 1. The predicted molar refractivity (Wildman–Crippen MR) is 71.4 cm³/mol. The molecule has 0 aliphatic rings. The summed E-state index contributed by atoms with van der Waals surface area (Å²) >= 11 is 0. The summed E-state index contributed by atoms with van der Waals surface area (Å²) in [6, 6.07) is 9.67. The molecular weight excluding hydrogens is 283 g/mol. The van der Waals surface area contributed by atoms with E-state index in [2.05, 4.69) is 0 Å². The second kappa shape index (κ2) is 5.42. The predicted octanol–water partition coefficient (Wildman–Crippen LogP) is 2.83. The van der Waals surface area contributed by atoms with Crippen LogP contribution in [0.1, 0.15) is 10.4 Å². The van der Waals surface area contributed by atoms with Gasteiger partial charge in [0.2, 0.25) is 0 Å². The van der Waals surface area contributed by atoms with Crippen molar-refractivity contribution in [1.29, 1.82) is 0 Å². The summed E-state index contributed by atoms with van der Waals surface area (Å²) in [5.74, 6) is -0.288. The Balaban J connectivity index is 2.32. The lowest BCUT2D eigenvalue weighted by Gasteiger charge is -2.08. The van der Waals surface area contributed by atoms with E-state index in [0.717, 1.165) is 12.3 Å². The van der Waals surface area contributed by atoms with Crippen LogP contribution in [0.5, 0.6) is 11.5 Å². The van der Waals surface area contributed by atoms with Gasteiger partial charge in [-0.3, -0.25) is 4.79 Å². The first-order chi connectivity index (χ1) is 9.41. The molecule has 0 bridgehead atoms. The van der Waals surface area contributed by atoms with Crippen LogP contribution < -0.4 is 4.74 Å². The fraction of sp³-hybridized carbons (Fsp3) is 0.0714. The normalized spacial score (nSPS) is 11.1. The molecule has 0 spiro atoms. The number of rotatable bonds is 4. The van der Waals surface area contributed by atoms with Crippen molar-refractivity contribution in [3.63, 3.8) is 0 Å². The third-order valence-electron chi connectivity index (χ3n) is 2.61. The molecule has 0 unspecified atom stereocenters. The maximum absolute atomic E-state index is 13.4. The van der Waals surface area contributed by atoms with Crippen molar-refractivity contribution >= 4 is 16.1 Å². The molecule has 0 fully saturated rings. The second-order valence-electron chi connectivity index (χ2n) is 4.12. The van der Waals surface area contributed by atoms with E-state index in [1.807, 2.05) is 0 Å². The number of hydrogen-bond acceptors (Lipinski definition) is 4. The van der Waals surface area contributed by atoms with Crippen molar-refractivity contribution in [1.82, 2.24) is 0 Å². The van der Waals surface area contributed by atoms with E-state index in [4.69, 9.17) is 4.74 Å². The quantitative estimate of drug-likeness (QED) is 0.814. The molecule has 6 heteroatoms. The third kappa shape index (κ3) is 3.03. The SMILES string of the molecule is CS(=O)(=O)c1ccc(Oc2cccc(F)c2C=O)cc1. The van der Waals surface area contributed by atoms with Crippen LogP contribution in [0.25, 0.3) is 0 Å². The number of benzene rings is 2. The Labute approximate surface area is 115 Å². The minimum absolute atomic E-state index is 0.0760. The van der Waals surface area contributed by atoms with Crippen molar-refractivity contribution in [2.45, 2.75) is 4.90 Å². The van der Waals surface area contributed by atoms with E-state index in [-0.39, 0.29) is 16.2 Å². The van der Waals surface area contributed by atoms with Gasteiger partial charge in [-0.1, -0.05) is 6.07 Å². The van der Waals surface area contributed by atoms with Crippen LogP contribution in [0, 0.1) is 5.82 Å². The van der Waals surface area contributed by atoms with E-state index >= 15 is 0 Å². The van der Waals surface area contributed by atoms with Gasteiger partial charge in [0.1, 0.15) is 17.3 Å². The number of carbonyl (C=O) groups is 1. The smallest absolute Gasteiger partial charge is 0.175 e. The summed E-state index contributed by atoms with van der Waals surface area (Å²) in [6.45, 7) is 0. The van der Waals surface area contributed by atoms with Gasteiger partial charge in [0, 0.05) is 6.26 Å². The average molecular weight is 294 g/mol. The van der Waals surface area contributed by atoms with Gasteiger partial charge in [-0.05, 0) is 36.4 Å². The zero-order chi connectivity index (χ0) is 14.8. The van der Waals surface area contributed by atoms with Crippen molar-refractivity contribution < 1.29 is 22.3 Å². The van der Waals surface area contributed by atoms with Crippen LogP contribution in [0.15, 0.2) is 47.4 Å². The van der Waals surface area contributed by atoms with Crippen molar-refractivity contribution in [3.8, 4) is 11.5 Å². The molecule has 0 saturated carbocycles. The van der Waals surface area contributed by atoms with E-state index in [1.165, 1.54) is 36.4 Å². The molecular formula is C14H11FO4S. The molecule has 0 saturated heterocycles. The first kappa shape index (κ1) is 14.2. The molecule has 0 radical (unpaired) electrons. The number of carbonyl (C=O) groups excluding carboxylic acids is 1. The highest BCUT2D eigenvalue weighted by Gasteiger charge is 2.11. The van der Waals surface area contributed by atoms with Crippen LogP contribution in [-0.2, 0) is 9.84 Å². The van der Waals surface area contributed by atoms with Gasteiger partial charge >= 0.3 is 0 Å². The number of halogens is 1. The second-order valence-corrected chi connectivity index (χ2v) is 6.13. The minimum Gasteiger partial charge on any atom is -0.457 e. The van der Waals surface area contributed by atoms with Gasteiger partial charge in [-0.15, -0.1) is 0 Å². The first-order valence-corrected chi connectivity index (χ1v) is 7.52. The van der Waals surface area contributed by atoms with Crippen molar-refractivity contribution in [2.75, 3.05) is 6.26 Å². The van der Waals surface area contributed by atoms with Crippen LogP contribution in [0.3, 0.4) is 0 Å². The van der Waals surface area contributed by atoms with Gasteiger partial charge in [-0.25, -0.2) is 12.8 Å². The first-order valence-electron chi connectivity index (χ1n) is 5.63. The van der Waals surface area contributed by atoms with Crippen LogP contribution in [0.4, 0.5) is 4.39 Å². The molecule has 2 aromatic rings. The Hall–Kier alpha value is -2.21. The molecule has 0 aromatic heterocycles. The zero-order valence-electron chi connectivity index (χ0n) is 10.5.